The third-order valence-electron chi connectivity index (χ3n) is 3.66. The molecule has 3 aromatic rings. The minimum atomic E-state index is -0.181. The van der Waals surface area contributed by atoms with E-state index in [-0.39, 0.29) is 12.0 Å². The number of hydrogen-bond acceptors (Lipinski definition) is 5. The van der Waals surface area contributed by atoms with Crippen molar-refractivity contribution >= 4 is 22.9 Å². The van der Waals surface area contributed by atoms with Gasteiger partial charge in [0.1, 0.15) is 11.9 Å². The number of hydrogen-bond donors (Lipinski definition) is 0. The summed E-state index contributed by atoms with van der Waals surface area (Å²) in [6, 6.07) is 13.1. The Balaban J connectivity index is 1.67. The molecule has 0 unspecified atom stereocenters. The number of carbonyl (C=O) groups is 1. The number of carbonyl (C=O) groups excluding carboxylic acids is 1. The standard InChI is InChI=1S/C17H14N2O3S/c1-11-10-19(13-5-2-3-6-14(13)21-11)17(20)12-9-15(22-18-12)16-7-4-8-23-16/h2-9,11H,10H2,1H3/t11-/m1/s1. The number of rotatable bonds is 2. The molecule has 0 saturated heterocycles. The van der Waals surface area contributed by atoms with Gasteiger partial charge in [-0.2, -0.15) is 0 Å². The molecule has 5 nitrogen and oxygen atoms in total. The highest BCUT2D eigenvalue weighted by Crippen LogP contribution is 2.34. The van der Waals surface area contributed by atoms with Gasteiger partial charge < -0.3 is 9.26 Å². The summed E-state index contributed by atoms with van der Waals surface area (Å²) < 4.78 is 11.1. The van der Waals surface area contributed by atoms with Gasteiger partial charge in [-0.1, -0.05) is 23.4 Å². The summed E-state index contributed by atoms with van der Waals surface area (Å²) in [7, 11) is 0. The average Bonchev–Trinajstić information content (AvgIpc) is 3.24. The molecule has 1 amide bonds. The second kappa shape index (κ2) is 5.55. The van der Waals surface area contributed by atoms with Gasteiger partial charge in [-0.05, 0) is 30.5 Å². The van der Waals surface area contributed by atoms with Crippen molar-refractivity contribution < 1.29 is 14.1 Å². The summed E-state index contributed by atoms with van der Waals surface area (Å²) in [5.41, 5.74) is 1.06. The van der Waals surface area contributed by atoms with Crippen LogP contribution in [0.2, 0.25) is 0 Å². The van der Waals surface area contributed by atoms with E-state index in [0.717, 1.165) is 10.6 Å². The van der Waals surface area contributed by atoms with E-state index in [2.05, 4.69) is 5.16 Å². The van der Waals surface area contributed by atoms with Crippen molar-refractivity contribution in [3.63, 3.8) is 0 Å². The van der Waals surface area contributed by atoms with Crippen LogP contribution in [0.15, 0.2) is 52.4 Å². The van der Waals surface area contributed by atoms with Crippen LogP contribution in [0.3, 0.4) is 0 Å². The Labute approximate surface area is 137 Å². The van der Waals surface area contributed by atoms with Crippen LogP contribution in [0.1, 0.15) is 17.4 Å². The van der Waals surface area contributed by atoms with E-state index >= 15 is 0 Å². The van der Waals surface area contributed by atoms with Crippen LogP contribution in [0.5, 0.6) is 5.75 Å². The number of amides is 1. The molecule has 0 saturated carbocycles. The molecule has 116 valence electrons. The maximum absolute atomic E-state index is 12.8. The molecule has 23 heavy (non-hydrogen) atoms. The summed E-state index contributed by atoms with van der Waals surface area (Å²) in [6.07, 6.45) is -0.0717. The van der Waals surface area contributed by atoms with Crippen LogP contribution < -0.4 is 9.64 Å². The van der Waals surface area contributed by atoms with Crippen LogP contribution >= 0.6 is 11.3 Å². The number of benzene rings is 1. The van der Waals surface area contributed by atoms with Crippen molar-refractivity contribution in [1.29, 1.82) is 0 Å². The van der Waals surface area contributed by atoms with Gasteiger partial charge in [-0.25, -0.2) is 0 Å². The maximum Gasteiger partial charge on any atom is 0.280 e. The molecule has 2 aromatic heterocycles. The number of fused-ring (bicyclic) bond motifs is 1. The Morgan fingerprint density at radius 2 is 2.17 bits per heavy atom. The molecule has 0 aliphatic carbocycles. The van der Waals surface area contributed by atoms with Crippen molar-refractivity contribution in [3.05, 3.63) is 53.5 Å². The Hall–Kier alpha value is -2.60. The van der Waals surface area contributed by atoms with Crippen molar-refractivity contribution in [1.82, 2.24) is 5.16 Å². The summed E-state index contributed by atoms with van der Waals surface area (Å²) in [6.45, 7) is 2.42. The lowest BCUT2D eigenvalue weighted by Crippen LogP contribution is -2.42. The van der Waals surface area contributed by atoms with E-state index in [4.69, 9.17) is 9.26 Å². The van der Waals surface area contributed by atoms with Crippen molar-refractivity contribution in [2.45, 2.75) is 13.0 Å². The van der Waals surface area contributed by atoms with Crippen LogP contribution in [0.25, 0.3) is 10.6 Å². The van der Waals surface area contributed by atoms with E-state index in [1.54, 1.807) is 22.3 Å². The highest BCUT2D eigenvalue weighted by molar-refractivity contribution is 7.13. The summed E-state index contributed by atoms with van der Waals surface area (Å²) >= 11 is 1.55. The average molecular weight is 326 g/mol. The third kappa shape index (κ3) is 2.51. The minimum Gasteiger partial charge on any atom is -0.487 e. The first-order valence-corrected chi connectivity index (χ1v) is 8.18. The first-order chi connectivity index (χ1) is 11.2. The molecular formula is C17H14N2O3S. The van der Waals surface area contributed by atoms with Crippen LogP contribution in [-0.4, -0.2) is 23.7 Å². The van der Waals surface area contributed by atoms with Gasteiger partial charge >= 0.3 is 0 Å². The van der Waals surface area contributed by atoms with Gasteiger partial charge in [0.15, 0.2) is 11.5 Å². The first-order valence-electron chi connectivity index (χ1n) is 7.30. The Kier molecular flexibility index (Phi) is 3.38. The number of nitrogens with zero attached hydrogens (tertiary/aromatic N) is 2. The van der Waals surface area contributed by atoms with E-state index in [0.29, 0.717) is 23.7 Å². The molecule has 1 aromatic carbocycles. The highest BCUT2D eigenvalue weighted by Gasteiger charge is 2.30. The fraction of sp³-hybridized carbons (Fsp3) is 0.176. The molecule has 1 atom stereocenters. The van der Waals surface area contributed by atoms with Gasteiger partial charge in [0.25, 0.3) is 5.91 Å². The molecule has 0 fully saturated rings. The van der Waals surface area contributed by atoms with Gasteiger partial charge in [-0.15, -0.1) is 11.3 Å². The Morgan fingerprint density at radius 1 is 1.30 bits per heavy atom. The smallest absolute Gasteiger partial charge is 0.280 e. The molecule has 1 aliphatic heterocycles. The van der Waals surface area contributed by atoms with Crippen molar-refractivity contribution in [2.75, 3.05) is 11.4 Å². The topological polar surface area (TPSA) is 55.6 Å². The number of thiophene rings is 1. The van der Waals surface area contributed by atoms with E-state index in [1.165, 1.54) is 0 Å². The lowest BCUT2D eigenvalue weighted by molar-refractivity contribution is 0.0952. The summed E-state index contributed by atoms with van der Waals surface area (Å²) in [5.74, 6) is 1.14. The predicted molar refractivity (Wildman–Crippen MR) is 88.0 cm³/mol. The molecule has 1 aliphatic rings. The second-order valence-corrected chi connectivity index (χ2v) is 6.31. The molecule has 6 heteroatoms. The molecule has 4 rings (SSSR count). The quantitative estimate of drug-likeness (QED) is 0.718. The van der Waals surface area contributed by atoms with Crippen molar-refractivity contribution in [3.8, 4) is 16.4 Å². The molecule has 0 radical (unpaired) electrons. The van der Waals surface area contributed by atoms with Gasteiger partial charge in [0.2, 0.25) is 0 Å². The molecule has 0 spiro atoms. The summed E-state index contributed by atoms with van der Waals surface area (Å²) in [5, 5.41) is 5.90. The Morgan fingerprint density at radius 3 is 3.00 bits per heavy atom. The normalized spacial score (nSPS) is 16.7. The van der Waals surface area contributed by atoms with Crippen LogP contribution in [0, 0.1) is 0 Å². The molecular weight excluding hydrogens is 312 g/mol. The maximum atomic E-state index is 12.8. The highest BCUT2D eigenvalue weighted by atomic mass is 32.1. The zero-order valence-electron chi connectivity index (χ0n) is 12.4. The van der Waals surface area contributed by atoms with E-state index in [1.807, 2.05) is 48.7 Å². The fourth-order valence-corrected chi connectivity index (χ4v) is 3.30. The summed E-state index contributed by atoms with van der Waals surface area (Å²) in [4.78, 5) is 15.5. The Bertz CT molecular complexity index is 841. The van der Waals surface area contributed by atoms with Gasteiger partial charge in [0, 0.05) is 6.07 Å². The van der Waals surface area contributed by atoms with Gasteiger partial charge in [0.05, 0.1) is 17.1 Å². The lowest BCUT2D eigenvalue weighted by Gasteiger charge is -2.32. The van der Waals surface area contributed by atoms with Crippen LogP contribution in [-0.2, 0) is 0 Å². The zero-order chi connectivity index (χ0) is 15.8. The van der Waals surface area contributed by atoms with Gasteiger partial charge in [-0.3, -0.25) is 9.69 Å². The zero-order valence-corrected chi connectivity index (χ0v) is 13.2. The lowest BCUT2D eigenvalue weighted by atomic mass is 10.2. The van der Waals surface area contributed by atoms with Crippen LogP contribution in [0.4, 0.5) is 5.69 Å². The van der Waals surface area contributed by atoms with E-state index in [9.17, 15) is 4.79 Å². The van der Waals surface area contributed by atoms with E-state index < -0.39 is 0 Å². The predicted octanol–water partition coefficient (Wildman–Crippen LogP) is 3.83. The molecule has 3 heterocycles. The number of para-hydroxylation sites is 2. The van der Waals surface area contributed by atoms with Crippen molar-refractivity contribution in [2.24, 2.45) is 0 Å². The monoisotopic (exact) mass is 326 g/mol. The number of anilines is 1. The number of aromatic nitrogens is 1. The largest absolute Gasteiger partial charge is 0.487 e. The SMILES string of the molecule is C[C@@H]1CN(C(=O)c2cc(-c3cccs3)on2)c2ccccc2O1. The molecule has 0 bridgehead atoms. The molecule has 0 N–H and O–H groups in total. The number of ether oxygens (including phenoxy) is 1. The minimum absolute atomic E-state index is 0.0717. The fourth-order valence-electron chi connectivity index (χ4n) is 2.63. The second-order valence-electron chi connectivity index (χ2n) is 5.37. The third-order valence-corrected chi connectivity index (χ3v) is 4.55. The first kappa shape index (κ1) is 14.0.